The van der Waals surface area contributed by atoms with Crippen molar-refractivity contribution < 1.29 is 13.9 Å². The van der Waals surface area contributed by atoms with Crippen LogP contribution in [0.5, 0.6) is 11.6 Å². The lowest BCUT2D eigenvalue weighted by Gasteiger charge is -2.26. The molecular formula is C21H17FN2O2S. The third-order valence-corrected chi connectivity index (χ3v) is 5.46. The zero-order valence-electron chi connectivity index (χ0n) is 14.4. The van der Waals surface area contributed by atoms with E-state index in [1.807, 2.05) is 24.3 Å². The van der Waals surface area contributed by atoms with Crippen LogP contribution in [0.3, 0.4) is 0 Å². The van der Waals surface area contributed by atoms with Gasteiger partial charge in [0.2, 0.25) is 5.88 Å². The van der Waals surface area contributed by atoms with Crippen LogP contribution < -0.4 is 10.1 Å². The van der Waals surface area contributed by atoms with Crippen LogP contribution in [-0.2, 0) is 0 Å². The first kappa shape index (κ1) is 17.5. The summed E-state index contributed by atoms with van der Waals surface area (Å²) in [7, 11) is 0. The zero-order chi connectivity index (χ0) is 18.6. The molecular weight excluding hydrogens is 363 g/mol. The fourth-order valence-electron chi connectivity index (χ4n) is 3.02. The Morgan fingerprint density at radius 3 is 2.81 bits per heavy atom. The number of nitrogens with zero attached hydrogens (tertiary/aromatic N) is 1. The van der Waals surface area contributed by atoms with Crippen molar-refractivity contribution in [2.24, 2.45) is 0 Å². The molecule has 0 spiro atoms. The topological polar surface area (TPSA) is 51.2 Å². The second-order valence-corrected chi connectivity index (χ2v) is 7.20. The number of rotatable bonds is 4. The molecule has 0 fully saturated rings. The molecule has 0 bridgehead atoms. The first-order valence-electron chi connectivity index (χ1n) is 8.62. The molecule has 1 aliphatic heterocycles. The Kier molecular flexibility index (Phi) is 5.07. The monoisotopic (exact) mass is 380 g/mol. The molecule has 6 heteroatoms. The fourth-order valence-corrected chi connectivity index (χ4v) is 4.16. The molecule has 4 nitrogen and oxygen atoms in total. The second kappa shape index (κ2) is 7.80. The number of para-hydroxylation sites is 1. The number of pyridine rings is 1. The van der Waals surface area contributed by atoms with E-state index >= 15 is 0 Å². The van der Waals surface area contributed by atoms with Crippen LogP contribution in [0, 0.1) is 5.82 Å². The number of aromatic nitrogens is 1. The summed E-state index contributed by atoms with van der Waals surface area (Å²) in [6, 6.07) is 17.3. The molecule has 4 rings (SSSR count). The molecule has 0 saturated carbocycles. The van der Waals surface area contributed by atoms with Crippen LogP contribution in [0.15, 0.2) is 71.8 Å². The van der Waals surface area contributed by atoms with Crippen molar-refractivity contribution in [2.75, 3.05) is 5.75 Å². The van der Waals surface area contributed by atoms with Crippen molar-refractivity contribution >= 4 is 17.7 Å². The highest BCUT2D eigenvalue weighted by Gasteiger charge is 2.26. The number of amides is 1. The van der Waals surface area contributed by atoms with Crippen LogP contribution in [-0.4, -0.2) is 16.6 Å². The van der Waals surface area contributed by atoms with Crippen LogP contribution in [0.4, 0.5) is 4.39 Å². The Hall–Kier alpha value is -2.86. The summed E-state index contributed by atoms with van der Waals surface area (Å²) in [5.41, 5.74) is 1.16. The van der Waals surface area contributed by atoms with Gasteiger partial charge in [0, 0.05) is 16.8 Å². The summed E-state index contributed by atoms with van der Waals surface area (Å²) in [4.78, 5) is 17.7. The summed E-state index contributed by atoms with van der Waals surface area (Å²) in [6.07, 6.45) is 2.32. The van der Waals surface area contributed by atoms with Gasteiger partial charge in [-0.15, -0.1) is 11.8 Å². The minimum atomic E-state index is -0.291. The highest BCUT2D eigenvalue weighted by molar-refractivity contribution is 7.99. The maximum absolute atomic E-state index is 14.0. The van der Waals surface area contributed by atoms with Gasteiger partial charge in [0.15, 0.2) is 0 Å². The molecule has 136 valence electrons. The Balaban J connectivity index is 1.58. The Labute approximate surface area is 160 Å². The van der Waals surface area contributed by atoms with Gasteiger partial charge in [-0.1, -0.05) is 30.3 Å². The average molecular weight is 380 g/mol. The maximum atomic E-state index is 14.0. The second-order valence-electron chi connectivity index (χ2n) is 6.09. The van der Waals surface area contributed by atoms with Crippen molar-refractivity contribution in [1.29, 1.82) is 0 Å². The van der Waals surface area contributed by atoms with E-state index in [9.17, 15) is 9.18 Å². The SMILES string of the molecule is O=C(NC1CCSc2c(F)cccc21)c1cccnc1Oc1ccccc1. The molecule has 3 aromatic rings. The first-order valence-corrected chi connectivity index (χ1v) is 9.61. The van der Waals surface area contributed by atoms with Crippen LogP contribution in [0.1, 0.15) is 28.4 Å². The van der Waals surface area contributed by atoms with E-state index in [-0.39, 0.29) is 23.6 Å². The smallest absolute Gasteiger partial charge is 0.257 e. The van der Waals surface area contributed by atoms with E-state index in [1.54, 1.807) is 36.5 Å². The predicted molar refractivity (Wildman–Crippen MR) is 103 cm³/mol. The van der Waals surface area contributed by atoms with Crippen molar-refractivity contribution in [1.82, 2.24) is 10.3 Å². The van der Waals surface area contributed by atoms with E-state index < -0.39 is 0 Å². The number of carbonyl (C=O) groups excluding carboxylic acids is 1. The Bertz CT molecular complexity index is 965. The largest absolute Gasteiger partial charge is 0.438 e. The van der Waals surface area contributed by atoms with Crippen molar-refractivity contribution in [3.8, 4) is 11.6 Å². The Morgan fingerprint density at radius 2 is 1.96 bits per heavy atom. The maximum Gasteiger partial charge on any atom is 0.257 e. The number of halogens is 1. The molecule has 0 saturated heterocycles. The fraction of sp³-hybridized carbons (Fsp3) is 0.143. The van der Waals surface area contributed by atoms with Gasteiger partial charge in [-0.3, -0.25) is 4.79 Å². The van der Waals surface area contributed by atoms with Crippen LogP contribution in [0.25, 0.3) is 0 Å². The van der Waals surface area contributed by atoms with E-state index in [4.69, 9.17) is 4.74 Å². The number of fused-ring (bicyclic) bond motifs is 1. The molecule has 1 N–H and O–H groups in total. The molecule has 1 aliphatic rings. The number of benzene rings is 2. The van der Waals surface area contributed by atoms with E-state index in [1.165, 1.54) is 17.8 Å². The van der Waals surface area contributed by atoms with Gasteiger partial charge >= 0.3 is 0 Å². The molecule has 2 heterocycles. The highest BCUT2D eigenvalue weighted by Crippen LogP contribution is 2.38. The first-order chi connectivity index (χ1) is 13.2. The molecule has 27 heavy (non-hydrogen) atoms. The van der Waals surface area contributed by atoms with E-state index in [0.29, 0.717) is 16.2 Å². The summed E-state index contributed by atoms with van der Waals surface area (Å²) >= 11 is 1.48. The van der Waals surface area contributed by atoms with Gasteiger partial charge < -0.3 is 10.1 Å². The summed E-state index contributed by atoms with van der Waals surface area (Å²) in [5.74, 6) is 1.06. The van der Waals surface area contributed by atoms with Crippen molar-refractivity contribution in [2.45, 2.75) is 17.4 Å². The number of hydrogen-bond donors (Lipinski definition) is 1. The highest BCUT2D eigenvalue weighted by atomic mass is 32.2. The molecule has 0 radical (unpaired) electrons. The third-order valence-electron chi connectivity index (χ3n) is 4.30. The van der Waals surface area contributed by atoms with Crippen molar-refractivity contribution in [3.63, 3.8) is 0 Å². The standard InChI is InChI=1S/C21H17FN2O2S/c22-17-10-4-8-15-18(11-13-27-19(15)17)24-20(25)16-9-5-12-23-21(16)26-14-6-2-1-3-7-14/h1-10,12,18H,11,13H2,(H,24,25). The lowest BCUT2D eigenvalue weighted by molar-refractivity contribution is 0.0931. The third kappa shape index (κ3) is 3.80. The van der Waals surface area contributed by atoms with Crippen LogP contribution >= 0.6 is 11.8 Å². The minimum Gasteiger partial charge on any atom is -0.438 e. The number of nitrogens with one attached hydrogen (secondary N) is 1. The van der Waals surface area contributed by atoms with Gasteiger partial charge in [0.1, 0.15) is 17.1 Å². The summed E-state index contributed by atoms with van der Waals surface area (Å²) < 4.78 is 19.8. The quantitative estimate of drug-likeness (QED) is 0.694. The number of carbonyl (C=O) groups is 1. The molecule has 0 aliphatic carbocycles. The van der Waals surface area contributed by atoms with Gasteiger partial charge in [-0.05, 0) is 42.3 Å². The predicted octanol–water partition coefficient (Wildman–Crippen LogP) is 4.98. The van der Waals surface area contributed by atoms with Crippen molar-refractivity contribution in [3.05, 3.63) is 83.8 Å². The lowest BCUT2D eigenvalue weighted by Crippen LogP contribution is -2.31. The lowest BCUT2D eigenvalue weighted by atomic mass is 10.0. The minimum absolute atomic E-state index is 0.241. The normalized spacial score (nSPS) is 15.7. The number of thioether (sulfide) groups is 1. The van der Waals surface area contributed by atoms with E-state index in [0.717, 1.165) is 17.7 Å². The molecule has 1 atom stereocenters. The van der Waals surface area contributed by atoms with Crippen LogP contribution in [0.2, 0.25) is 0 Å². The van der Waals surface area contributed by atoms with Gasteiger partial charge in [-0.2, -0.15) is 0 Å². The number of hydrogen-bond acceptors (Lipinski definition) is 4. The van der Waals surface area contributed by atoms with Gasteiger partial charge in [0.25, 0.3) is 5.91 Å². The summed E-state index contributed by atoms with van der Waals surface area (Å²) in [5, 5.41) is 3.01. The van der Waals surface area contributed by atoms with Gasteiger partial charge in [-0.25, -0.2) is 9.37 Å². The van der Waals surface area contributed by atoms with E-state index in [2.05, 4.69) is 10.3 Å². The zero-order valence-corrected chi connectivity index (χ0v) is 15.2. The molecule has 2 aromatic carbocycles. The Morgan fingerprint density at radius 1 is 1.11 bits per heavy atom. The molecule has 1 amide bonds. The van der Waals surface area contributed by atoms with Gasteiger partial charge in [0.05, 0.1) is 6.04 Å². The average Bonchev–Trinajstić information content (AvgIpc) is 2.70. The number of ether oxygens (including phenoxy) is 1. The molecule has 1 unspecified atom stereocenters. The summed E-state index contributed by atoms with van der Waals surface area (Å²) in [6.45, 7) is 0. The molecule has 1 aromatic heterocycles.